The van der Waals surface area contributed by atoms with Crippen LogP contribution in [0.5, 0.6) is 5.75 Å². The number of hydrogen-bond donors (Lipinski definition) is 1. The van der Waals surface area contributed by atoms with Crippen molar-refractivity contribution in [1.29, 1.82) is 0 Å². The minimum atomic E-state index is -0.413. The summed E-state index contributed by atoms with van der Waals surface area (Å²) in [5.41, 5.74) is 2.46. The Hall–Kier alpha value is -3.40. The van der Waals surface area contributed by atoms with Crippen LogP contribution in [0.15, 0.2) is 82.6 Å². The molecule has 0 spiro atoms. The Bertz CT molecular complexity index is 1790. The number of halogens is 2. The smallest absolute Gasteiger partial charge is 0.305 e. The van der Waals surface area contributed by atoms with Crippen molar-refractivity contribution in [3.63, 3.8) is 0 Å². The van der Waals surface area contributed by atoms with Crippen molar-refractivity contribution in [1.82, 2.24) is 4.98 Å². The number of H-pyrrole nitrogens is 1. The second-order valence-electron chi connectivity index (χ2n) is 11.4. The number of nitrogens with zero attached hydrogens (tertiary/aromatic N) is 1. The number of hydrogen-bond acceptors (Lipinski definition) is 6. The third kappa shape index (κ3) is 4.01. The minimum absolute atomic E-state index is 0.00788. The zero-order chi connectivity index (χ0) is 28.7. The molecule has 1 N–H and O–H groups in total. The number of fused-ring (bicyclic) bond motifs is 9. The number of imide groups is 1. The van der Waals surface area contributed by atoms with E-state index in [-0.39, 0.29) is 45.6 Å². The molecule has 4 aliphatic rings. The van der Waals surface area contributed by atoms with Crippen molar-refractivity contribution in [3.05, 3.63) is 109 Å². The van der Waals surface area contributed by atoms with E-state index in [9.17, 15) is 18.8 Å². The highest BCUT2D eigenvalue weighted by molar-refractivity contribution is 8.00. The molecule has 42 heavy (non-hydrogen) atoms. The third-order valence-corrected chi connectivity index (χ3v) is 12.2. The summed E-state index contributed by atoms with van der Waals surface area (Å²) in [6.45, 7) is 0.391. The van der Waals surface area contributed by atoms with Crippen LogP contribution in [0.1, 0.15) is 28.3 Å². The van der Waals surface area contributed by atoms with Crippen molar-refractivity contribution in [2.45, 2.75) is 29.2 Å². The van der Waals surface area contributed by atoms with Gasteiger partial charge in [0.2, 0.25) is 11.8 Å². The first-order valence-corrected chi connectivity index (χ1v) is 15.9. The molecule has 7 atom stereocenters. The monoisotopic (exact) mass is 618 g/mol. The fourth-order valence-electron chi connectivity index (χ4n) is 7.80. The topological polar surface area (TPSA) is 79.5 Å². The van der Waals surface area contributed by atoms with E-state index in [1.807, 2.05) is 36.4 Å². The van der Waals surface area contributed by atoms with Crippen LogP contribution in [-0.2, 0) is 16.2 Å². The summed E-state index contributed by atoms with van der Waals surface area (Å²) in [7, 11) is 0. The van der Waals surface area contributed by atoms with Gasteiger partial charge in [0.1, 0.15) is 18.2 Å². The molecule has 3 fully saturated rings. The highest BCUT2D eigenvalue weighted by Crippen LogP contribution is 2.68. The molecule has 3 heterocycles. The van der Waals surface area contributed by atoms with E-state index in [0.29, 0.717) is 17.3 Å². The molecule has 2 amide bonds. The number of aromatic nitrogens is 1. The molecule has 1 saturated heterocycles. The molecule has 0 radical (unpaired) electrons. The first-order valence-electron chi connectivity index (χ1n) is 13.9. The van der Waals surface area contributed by atoms with Gasteiger partial charge in [-0.05, 0) is 83.8 Å². The van der Waals surface area contributed by atoms with Crippen LogP contribution in [0, 0.1) is 35.4 Å². The summed E-state index contributed by atoms with van der Waals surface area (Å²) in [6.07, 6.45) is 0.808. The number of carbonyl (C=O) groups is 2. The number of benzene rings is 3. The number of thiazole rings is 1. The number of amides is 2. The van der Waals surface area contributed by atoms with Gasteiger partial charge in [-0.25, -0.2) is 4.39 Å². The maximum atomic E-state index is 13.8. The van der Waals surface area contributed by atoms with E-state index >= 15 is 0 Å². The SMILES string of the molecule is O=C1[C@H]2[C@H]3C[C@@H]([C@@H]2C(=O)N1c1ccc(F)cc1)[C@H]1[C@H](c2ccc(OCc4cccc(Cl)c4)cc2)c2sc(=O)[nH]c2S[C@H]31. The lowest BCUT2D eigenvalue weighted by Crippen LogP contribution is -2.42. The Morgan fingerprint density at radius 1 is 0.952 bits per heavy atom. The molecule has 10 heteroatoms. The zero-order valence-electron chi connectivity index (χ0n) is 22.0. The van der Waals surface area contributed by atoms with Gasteiger partial charge in [-0.15, -0.1) is 11.8 Å². The van der Waals surface area contributed by atoms with E-state index in [1.54, 1.807) is 11.8 Å². The first kappa shape index (κ1) is 26.2. The number of thioether (sulfide) groups is 1. The lowest BCUT2D eigenvalue weighted by Gasteiger charge is -2.43. The standard InChI is InChI=1S/C32H24ClFN2O4S2/c33-17-3-1-2-15(12-17)14-40-20-10-4-16(5-11-20)23-24-21-13-22(27(24)41-29-28(23)42-32(39)35-29)26-25(21)30(37)36(31(26)38)19-8-6-18(34)7-9-19/h1-12,21-27H,13-14H2,(H,35,39)/t21-,22-,23+,24+,25+,26+,27-/m1/s1. The second-order valence-corrected chi connectivity index (χ2v) is 14.1. The Kier molecular flexibility index (Phi) is 6.14. The van der Waals surface area contributed by atoms with Crippen molar-refractivity contribution >= 4 is 52.2 Å². The number of ether oxygens (including phenoxy) is 1. The average Bonchev–Trinajstić information content (AvgIpc) is 3.72. The lowest BCUT2D eigenvalue weighted by atomic mass is 9.68. The Morgan fingerprint density at radius 2 is 1.69 bits per heavy atom. The predicted octanol–water partition coefficient (Wildman–Crippen LogP) is 6.49. The van der Waals surface area contributed by atoms with E-state index in [1.165, 1.54) is 40.5 Å². The van der Waals surface area contributed by atoms with Gasteiger partial charge in [-0.3, -0.25) is 19.3 Å². The summed E-state index contributed by atoms with van der Waals surface area (Å²) in [4.78, 5) is 45.3. The normalized spacial score (nSPS) is 29.0. The molecule has 212 valence electrons. The van der Waals surface area contributed by atoms with Crippen molar-refractivity contribution in [3.8, 4) is 5.75 Å². The summed E-state index contributed by atoms with van der Waals surface area (Å²) < 4.78 is 19.6. The molecule has 0 unspecified atom stereocenters. The van der Waals surface area contributed by atoms with Gasteiger partial charge in [0.05, 0.1) is 22.5 Å². The van der Waals surface area contributed by atoms with Gasteiger partial charge in [0.25, 0.3) is 0 Å². The molecular formula is C32H24ClFN2O4S2. The maximum absolute atomic E-state index is 13.8. The van der Waals surface area contributed by atoms with E-state index in [2.05, 4.69) is 17.1 Å². The second kappa shape index (κ2) is 9.82. The van der Waals surface area contributed by atoms with Crippen molar-refractivity contribution in [2.24, 2.45) is 29.6 Å². The molecule has 2 saturated carbocycles. The first-order chi connectivity index (χ1) is 20.4. The van der Waals surface area contributed by atoms with Crippen molar-refractivity contribution < 1.29 is 18.7 Å². The van der Waals surface area contributed by atoms with Gasteiger partial charge in [0.15, 0.2) is 0 Å². The zero-order valence-corrected chi connectivity index (χ0v) is 24.4. The van der Waals surface area contributed by atoms with E-state index < -0.39 is 17.7 Å². The summed E-state index contributed by atoms with van der Waals surface area (Å²) in [5, 5.41) is 1.63. The molecule has 2 aliphatic carbocycles. The Labute approximate surface area is 253 Å². The Morgan fingerprint density at radius 3 is 2.43 bits per heavy atom. The van der Waals surface area contributed by atoms with Gasteiger partial charge in [0, 0.05) is 21.1 Å². The average molecular weight is 619 g/mol. The number of anilines is 1. The van der Waals surface area contributed by atoms with Crippen LogP contribution in [0.2, 0.25) is 5.02 Å². The van der Waals surface area contributed by atoms with Crippen LogP contribution in [0.3, 0.4) is 0 Å². The highest BCUT2D eigenvalue weighted by atomic mass is 35.5. The van der Waals surface area contributed by atoms with Crippen LogP contribution in [0.4, 0.5) is 10.1 Å². The summed E-state index contributed by atoms with van der Waals surface area (Å²) >= 11 is 9.00. The number of rotatable bonds is 5. The van der Waals surface area contributed by atoms with Crippen LogP contribution in [0.25, 0.3) is 0 Å². The molecule has 6 nitrogen and oxygen atoms in total. The maximum Gasteiger partial charge on any atom is 0.305 e. The van der Waals surface area contributed by atoms with E-state index in [4.69, 9.17) is 16.3 Å². The molecular weight excluding hydrogens is 595 g/mol. The molecule has 3 aromatic carbocycles. The van der Waals surface area contributed by atoms with Gasteiger partial charge in [-0.2, -0.15) is 0 Å². The number of nitrogens with one attached hydrogen (secondary N) is 1. The molecule has 2 aliphatic heterocycles. The highest BCUT2D eigenvalue weighted by Gasteiger charge is 2.69. The Balaban J connectivity index is 1.11. The predicted molar refractivity (Wildman–Crippen MR) is 160 cm³/mol. The van der Waals surface area contributed by atoms with Crippen LogP contribution < -0.4 is 14.5 Å². The number of carbonyl (C=O) groups excluding carboxylic acids is 2. The summed E-state index contributed by atoms with van der Waals surface area (Å²) in [5.74, 6) is -0.809. The van der Waals surface area contributed by atoms with Gasteiger partial charge < -0.3 is 9.72 Å². The molecule has 8 rings (SSSR count). The molecule has 1 aromatic heterocycles. The van der Waals surface area contributed by atoms with Gasteiger partial charge >= 0.3 is 4.87 Å². The van der Waals surface area contributed by atoms with E-state index in [0.717, 1.165) is 33.2 Å². The van der Waals surface area contributed by atoms with Crippen LogP contribution >= 0.6 is 34.7 Å². The molecule has 2 bridgehead atoms. The lowest BCUT2D eigenvalue weighted by molar-refractivity contribution is -0.123. The van der Waals surface area contributed by atoms with Crippen molar-refractivity contribution in [2.75, 3.05) is 4.90 Å². The molecule has 4 aromatic rings. The number of aromatic amines is 1. The minimum Gasteiger partial charge on any atom is -0.489 e. The largest absolute Gasteiger partial charge is 0.489 e. The fraction of sp³-hybridized carbons (Fsp3) is 0.281. The third-order valence-electron chi connectivity index (χ3n) is 9.34. The van der Waals surface area contributed by atoms with Gasteiger partial charge in [-0.1, -0.05) is 47.2 Å². The van der Waals surface area contributed by atoms with Crippen LogP contribution in [-0.4, -0.2) is 22.0 Å². The summed E-state index contributed by atoms with van der Waals surface area (Å²) in [6, 6.07) is 21.1. The quantitative estimate of drug-likeness (QED) is 0.259. The fourth-order valence-corrected chi connectivity index (χ4v) is 10.9.